The fourth-order valence-electron chi connectivity index (χ4n) is 2.06. The molecule has 0 aliphatic carbocycles. The highest BCUT2D eigenvalue weighted by molar-refractivity contribution is 9.10. The molecule has 2 N–H and O–H groups in total. The maximum atomic E-state index is 11.3. The number of nitrogens with one attached hydrogen (secondary N) is 1. The van der Waals surface area contributed by atoms with E-state index in [1.807, 2.05) is 24.3 Å². The average Bonchev–Trinajstić information content (AvgIpc) is 2.64. The standard InChI is InChI=1S/C13H17BrN2O3S/c14-11-3-1-10(2-4-11)7-15-5-6-16-12-8-20(18,19)9-13(12)17/h1-4,7,12-13,16-17H,5-6,8-9H2/t12-,13-/m1/s1. The van der Waals surface area contributed by atoms with Crippen molar-refractivity contribution < 1.29 is 13.5 Å². The molecule has 0 unspecified atom stereocenters. The van der Waals surface area contributed by atoms with Gasteiger partial charge >= 0.3 is 0 Å². The smallest absolute Gasteiger partial charge is 0.154 e. The van der Waals surface area contributed by atoms with Crippen molar-refractivity contribution in [1.82, 2.24) is 5.32 Å². The van der Waals surface area contributed by atoms with E-state index in [4.69, 9.17) is 0 Å². The van der Waals surface area contributed by atoms with E-state index >= 15 is 0 Å². The first kappa shape index (κ1) is 15.6. The van der Waals surface area contributed by atoms with Crippen LogP contribution in [0.4, 0.5) is 0 Å². The van der Waals surface area contributed by atoms with Crippen LogP contribution >= 0.6 is 15.9 Å². The van der Waals surface area contributed by atoms with Crippen molar-refractivity contribution in [2.75, 3.05) is 24.6 Å². The molecule has 1 fully saturated rings. The zero-order valence-electron chi connectivity index (χ0n) is 10.9. The first-order chi connectivity index (χ1) is 9.46. The second kappa shape index (κ2) is 6.80. The molecular formula is C13H17BrN2O3S. The number of halogens is 1. The second-order valence-electron chi connectivity index (χ2n) is 4.79. The predicted octanol–water partition coefficient (Wildman–Crippen LogP) is 0.616. The third kappa shape index (κ3) is 4.66. The van der Waals surface area contributed by atoms with Crippen LogP contribution in [-0.4, -0.2) is 56.5 Å². The summed E-state index contributed by atoms with van der Waals surface area (Å²) in [4.78, 5) is 4.26. The van der Waals surface area contributed by atoms with Gasteiger partial charge in [0.25, 0.3) is 0 Å². The van der Waals surface area contributed by atoms with Crippen LogP contribution in [-0.2, 0) is 9.84 Å². The summed E-state index contributed by atoms with van der Waals surface area (Å²) in [7, 11) is -3.09. The molecule has 2 rings (SSSR count). The minimum absolute atomic E-state index is 0.00456. The molecule has 2 atom stereocenters. The van der Waals surface area contributed by atoms with E-state index in [2.05, 4.69) is 26.2 Å². The van der Waals surface area contributed by atoms with Gasteiger partial charge in [-0.05, 0) is 17.7 Å². The summed E-state index contributed by atoms with van der Waals surface area (Å²) in [5, 5.41) is 12.6. The van der Waals surface area contributed by atoms with Crippen LogP contribution in [0.25, 0.3) is 0 Å². The van der Waals surface area contributed by atoms with Crippen molar-refractivity contribution in [1.29, 1.82) is 0 Å². The fourth-order valence-corrected chi connectivity index (χ4v) is 4.10. The van der Waals surface area contributed by atoms with Crippen LogP contribution in [0.1, 0.15) is 5.56 Å². The molecule has 110 valence electrons. The van der Waals surface area contributed by atoms with Crippen molar-refractivity contribution in [3.63, 3.8) is 0 Å². The third-order valence-electron chi connectivity index (χ3n) is 3.08. The molecule has 1 aromatic carbocycles. The molecular weight excluding hydrogens is 344 g/mol. The maximum absolute atomic E-state index is 11.3. The molecule has 0 amide bonds. The first-order valence-electron chi connectivity index (χ1n) is 6.33. The van der Waals surface area contributed by atoms with Gasteiger partial charge in [0, 0.05) is 23.3 Å². The summed E-state index contributed by atoms with van der Waals surface area (Å²) in [5.41, 5.74) is 1.01. The largest absolute Gasteiger partial charge is 0.390 e. The zero-order chi connectivity index (χ0) is 14.6. The molecule has 20 heavy (non-hydrogen) atoms. The first-order valence-corrected chi connectivity index (χ1v) is 8.95. The number of hydrogen-bond acceptors (Lipinski definition) is 5. The van der Waals surface area contributed by atoms with Crippen LogP contribution in [0.3, 0.4) is 0 Å². The van der Waals surface area contributed by atoms with E-state index in [1.165, 1.54) is 0 Å². The lowest BCUT2D eigenvalue weighted by Crippen LogP contribution is -2.40. The van der Waals surface area contributed by atoms with Crippen molar-refractivity contribution in [2.24, 2.45) is 4.99 Å². The van der Waals surface area contributed by atoms with E-state index in [1.54, 1.807) is 6.21 Å². The van der Waals surface area contributed by atoms with E-state index in [-0.39, 0.29) is 17.5 Å². The van der Waals surface area contributed by atoms with Crippen molar-refractivity contribution in [3.8, 4) is 0 Å². The fraction of sp³-hybridized carbons (Fsp3) is 0.462. The highest BCUT2D eigenvalue weighted by Crippen LogP contribution is 2.12. The molecule has 0 aromatic heterocycles. The number of benzene rings is 1. The van der Waals surface area contributed by atoms with Gasteiger partial charge in [-0.15, -0.1) is 0 Å². The number of hydrogen-bond donors (Lipinski definition) is 2. The van der Waals surface area contributed by atoms with E-state index < -0.39 is 15.9 Å². The second-order valence-corrected chi connectivity index (χ2v) is 7.86. The summed E-state index contributed by atoms with van der Waals surface area (Å²) < 4.78 is 23.7. The Bertz CT molecular complexity index is 572. The molecule has 0 bridgehead atoms. The Morgan fingerprint density at radius 3 is 2.65 bits per heavy atom. The summed E-state index contributed by atoms with van der Waals surface area (Å²) in [6.45, 7) is 1.09. The molecule has 7 heteroatoms. The lowest BCUT2D eigenvalue weighted by molar-refractivity contribution is 0.167. The van der Waals surface area contributed by atoms with Gasteiger partial charge in [-0.2, -0.15) is 0 Å². The normalized spacial score (nSPS) is 25.3. The molecule has 0 spiro atoms. The van der Waals surface area contributed by atoms with Gasteiger partial charge in [0.05, 0.1) is 24.2 Å². The lowest BCUT2D eigenvalue weighted by Gasteiger charge is -2.13. The van der Waals surface area contributed by atoms with Gasteiger partial charge < -0.3 is 10.4 Å². The van der Waals surface area contributed by atoms with Gasteiger partial charge in [-0.3, -0.25) is 4.99 Å². The summed E-state index contributed by atoms with van der Waals surface area (Å²) >= 11 is 3.36. The molecule has 1 saturated heterocycles. The predicted molar refractivity (Wildman–Crippen MR) is 83.1 cm³/mol. The van der Waals surface area contributed by atoms with Crippen LogP contribution in [0, 0.1) is 0 Å². The molecule has 0 saturated carbocycles. The van der Waals surface area contributed by atoms with Crippen LogP contribution in [0.15, 0.2) is 33.7 Å². The highest BCUT2D eigenvalue weighted by atomic mass is 79.9. The van der Waals surface area contributed by atoms with Crippen LogP contribution < -0.4 is 5.32 Å². The van der Waals surface area contributed by atoms with Gasteiger partial charge in [-0.25, -0.2) is 8.42 Å². The number of nitrogens with zero attached hydrogens (tertiary/aromatic N) is 1. The Labute approximate surface area is 127 Å². The van der Waals surface area contributed by atoms with Gasteiger partial charge in [-0.1, -0.05) is 28.1 Å². The number of aliphatic hydroxyl groups excluding tert-OH is 1. The maximum Gasteiger partial charge on any atom is 0.154 e. The minimum atomic E-state index is -3.09. The molecule has 1 aliphatic heterocycles. The Morgan fingerprint density at radius 1 is 1.35 bits per heavy atom. The summed E-state index contributed by atoms with van der Waals surface area (Å²) in [6, 6.07) is 7.42. The zero-order valence-corrected chi connectivity index (χ0v) is 13.3. The Morgan fingerprint density at radius 2 is 2.05 bits per heavy atom. The van der Waals surface area contributed by atoms with Crippen molar-refractivity contribution >= 4 is 32.0 Å². The Balaban J connectivity index is 1.73. The van der Waals surface area contributed by atoms with Crippen molar-refractivity contribution in [3.05, 3.63) is 34.3 Å². The minimum Gasteiger partial charge on any atom is -0.390 e. The van der Waals surface area contributed by atoms with Gasteiger partial charge in [0.2, 0.25) is 0 Å². The van der Waals surface area contributed by atoms with E-state index in [0.717, 1.165) is 10.0 Å². The molecule has 1 aliphatic rings. The number of sulfone groups is 1. The number of rotatable bonds is 5. The van der Waals surface area contributed by atoms with E-state index in [9.17, 15) is 13.5 Å². The summed E-state index contributed by atoms with van der Waals surface area (Å²) in [5.74, 6) is -0.141. The third-order valence-corrected chi connectivity index (χ3v) is 5.33. The van der Waals surface area contributed by atoms with Gasteiger partial charge in [0.1, 0.15) is 0 Å². The Kier molecular flexibility index (Phi) is 5.31. The topological polar surface area (TPSA) is 78.8 Å². The lowest BCUT2D eigenvalue weighted by atomic mass is 10.2. The Hall–Kier alpha value is -0.760. The number of aliphatic hydroxyl groups is 1. The number of aliphatic imine (C=N–C) groups is 1. The molecule has 1 heterocycles. The summed E-state index contributed by atoms with van der Waals surface area (Å²) in [6.07, 6.45) is 0.964. The highest BCUT2D eigenvalue weighted by Gasteiger charge is 2.35. The van der Waals surface area contributed by atoms with Crippen LogP contribution in [0.5, 0.6) is 0 Å². The quantitative estimate of drug-likeness (QED) is 0.595. The molecule has 1 aromatic rings. The van der Waals surface area contributed by atoms with Crippen molar-refractivity contribution in [2.45, 2.75) is 12.1 Å². The van der Waals surface area contributed by atoms with Gasteiger partial charge in [0.15, 0.2) is 9.84 Å². The SMILES string of the molecule is O=S1(=O)C[C@@H](O)[C@H](NCCN=Cc2ccc(Br)cc2)C1. The molecule has 5 nitrogen and oxygen atoms in total. The monoisotopic (exact) mass is 360 g/mol. The van der Waals surface area contributed by atoms with E-state index in [0.29, 0.717) is 13.1 Å². The average molecular weight is 361 g/mol. The van der Waals surface area contributed by atoms with Crippen LogP contribution in [0.2, 0.25) is 0 Å². The molecule has 0 radical (unpaired) electrons.